The van der Waals surface area contributed by atoms with Gasteiger partial charge in [-0.15, -0.1) is 0 Å². The fourth-order valence-corrected chi connectivity index (χ4v) is 2.71. The van der Waals surface area contributed by atoms with Gasteiger partial charge in [0, 0.05) is 12.3 Å². The van der Waals surface area contributed by atoms with Gasteiger partial charge in [0.2, 0.25) is 0 Å². The lowest BCUT2D eigenvalue weighted by atomic mass is 10.1. The van der Waals surface area contributed by atoms with Gasteiger partial charge >= 0.3 is 0 Å². The summed E-state index contributed by atoms with van der Waals surface area (Å²) >= 11 is 0. The van der Waals surface area contributed by atoms with Crippen molar-refractivity contribution in [1.29, 1.82) is 0 Å². The van der Waals surface area contributed by atoms with E-state index in [4.69, 9.17) is 4.74 Å². The molecule has 0 aromatic heterocycles. The third kappa shape index (κ3) is 5.16. The number of nitrogens with one attached hydrogen (secondary N) is 1. The molecule has 6 heteroatoms. The van der Waals surface area contributed by atoms with Crippen LogP contribution in [0.3, 0.4) is 0 Å². The molecule has 0 heterocycles. The highest BCUT2D eigenvalue weighted by atomic mass is 32.2. The number of benzene rings is 1. The van der Waals surface area contributed by atoms with Crippen molar-refractivity contribution in [3.8, 4) is 5.75 Å². The molecule has 108 valence electrons. The second-order valence-corrected chi connectivity index (χ2v) is 6.68. The lowest BCUT2D eigenvalue weighted by Crippen LogP contribution is -2.28. The molecule has 0 aliphatic rings. The highest BCUT2D eigenvalue weighted by Gasteiger charge is 2.18. The zero-order chi connectivity index (χ0) is 14.5. The van der Waals surface area contributed by atoms with Gasteiger partial charge < -0.3 is 10.1 Å². The van der Waals surface area contributed by atoms with Crippen LogP contribution in [-0.4, -0.2) is 34.1 Å². The molecule has 19 heavy (non-hydrogen) atoms. The van der Waals surface area contributed by atoms with Gasteiger partial charge in [-0.1, -0.05) is 13.0 Å². The molecular formula is C13H20FNO3S. The van der Waals surface area contributed by atoms with Crippen LogP contribution in [0.4, 0.5) is 4.39 Å². The Bertz CT molecular complexity index is 517. The predicted molar refractivity (Wildman–Crippen MR) is 73.7 cm³/mol. The summed E-state index contributed by atoms with van der Waals surface area (Å²) < 4.78 is 41.4. The molecule has 0 fully saturated rings. The Morgan fingerprint density at radius 2 is 2.11 bits per heavy atom. The van der Waals surface area contributed by atoms with Crippen LogP contribution in [0.5, 0.6) is 5.75 Å². The molecular weight excluding hydrogens is 269 g/mol. The van der Waals surface area contributed by atoms with Crippen molar-refractivity contribution in [1.82, 2.24) is 5.32 Å². The van der Waals surface area contributed by atoms with Crippen LogP contribution in [0.25, 0.3) is 0 Å². The number of halogens is 1. The molecule has 1 aromatic carbocycles. The predicted octanol–water partition coefficient (Wildman–Crippen LogP) is 1.92. The first kappa shape index (κ1) is 15.9. The van der Waals surface area contributed by atoms with E-state index in [0.717, 1.165) is 6.42 Å². The van der Waals surface area contributed by atoms with Crippen molar-refractivity contribution in [2.24, 2.45) is 0 Å². The van der Waals surface area contributed by atoms with E-state index in [1.165, 1.54) is 25.5 Å². The summed E-state index contributed by atoms with van der Waals surface area (Å²) in [5.74, 6) is -0.396. The van der Waals surface area contributed by atoms with Crippen LogP contribution < -0.4 is 10.1 Å². The molecule has 0 aliphatic heterocycles. The minimum Gasteiger partial charge on any atom is -0.494 e. The summed E-state index contributed by atoms with van der Waals surface area (Å²) in [6.07, 6.45) is 2.05. The zero-order valence-corrected chi connectivity index (χ0v) is 12.3. The summed E-state index contributed by atoms with van der Waals surface area (Å²) in [6.45, 7) is 2.66. The summed E-state index contributed by atoms with van der Waals surface area (Å²) in [7, 11) is -1.76. The number of hydrogen-bond acceptors (Lipinski definition) is 4. The van der Waals surface area contributed by atoms with Gasteiger partial charge in [0.05, 0.1) is 12.9 Å². The quantitative estimate of drug-likeness (QED) is 0.833. The Hall–Kier alpha value is -1.14. The van der Waals surface area contributed by atoms with Gasteiger partial charge in [0.1, 0.15) is 9.84 Å². The van der Waals surface area contributed by atoms with E-state index in [-0.39, 0.29) is 11.5 Å². The van der Waals surface area contributed by atoms with E-state index in [1.54, 1.807) is 6.07 Å². The summed E-state index contributed by atoms with van der Waals surface area (Å²) in [4.78, 5) is 0. The third-order valence-electron chi connectivity index (χ3n) is 2.69. The normalized spacial score (nSPS) is 13.3. The third-order valence-corrected chi connectivity index (χ3v) is 3.63. The van der Waals surface area contributed by atoms with Gasteiger partial charge in [-0.2, -0.15) is 0 Å². The maximum Gasteiger partial charge on any atom is 0.165 e. The van der Waals surface area contributed by atoms with E-state index in [2.05, 4.69) is 5.32 Å². The summed E-state index contributed by atoms with van der Waals surface area (Å²) in [6, 6.07) is 4.10. The average molecular weight is 289 g/mol. The van der Waals surface area contributed by atoms with Crippen molar-refractivity contribution < 1.29 is 17.5 Å². The molecule has 1 atom stereocenters. The summed E-state index contributed by atoms with van der Waals surface area (Å²) in [5, 5.41) is 3.12. The molecule has 0 saturated heterocycles. The first-order valence-corrected chi connectivity index (χ1v) is 8.18. The molecule has 0 amide bonds. The van der Waals surface area contributed by atoms with Crippen LogP contribution >= 0.6 is 0 Å². The van der Waals surface area contributed by atoms with E-state index in [1.807, 2.05) is 6.92 Å². The van der Waals surface area contributed by atoms with Gasteiger partial charge in [-0.25, -0.2) is 12.8 Å². The fraction of sp³-hybridized carbons (Fsp3) is 0.538. The monoisotopic (exact) mass is 289 g/mol. The Morgan fingerprint density at radius 1 is 1.42 bits per heavy atom. The maximum atomic E-state index is 13.7. The molecule has 0 aliphatic carbocycles. The minimum atomic E-state index is -3.15. The van der Waals surface area contributed by atoms with Crippen molar-refractivity contribution in [2.45, 2.75) is 19.4 Å². The Balaban J connectivity index is 2.99. The molecule has 0 bridgehead atoms. The van der Waals surface area contributed by atoms with Crippen molar-refractivity contribution in [3.63, 3.8) is 0 Å². The first-order valence-electron chi connectivity index (χ1n) is 6.12. The molecule has 1 N–H and O–H groups in total. The molecule has 0 saturated carbocycles. The van der Waals surface area contributed by atoms with Gasteiger partial charge in [0.15, 0.2) is 11.6 Å². The van der Waals surface area contributed by atoms with Crippen molar-refractivity contribution in [2.75, 3.05) is 25.7 Å². The second kappa shape index (κ2) is 6.86. The molecule has 0 radical (unpaired) electrons. The van der Waals surface area contributed by atoms with Crippen LogP contribution in [-0.2, 0) is 9.84 Å². The number of sulfone groups is 1. The van der Waals surface area contributed by atoms with Gasteiger partial charge in [-0.3, -0.25) is 0 Å². The topological polar surface area (TPSA) is 55.4 Å². The molecule has 0 spiro atoms. The van der Waals surface area contributed by atoms with E-state index >= 15 is 0 Å². The molecule has 4 nitrogen and oxygen atoms in total. The van der Waals surface area contributed by atoms with Crippen molar-refractivity contribution in [3.05, 3.63) is 29.6 Å². The second-order valence-electron chi connectivity index (χ2n) is 4.49. The SMILES string of the molecule is CCCNC(CS(C)(=O)=O)c1ccc(OC)c(F)c1. The van der Waals surface area contributed by atoms with Gasteiger partial charge in [-0.05, 0) is 30.7 Å². The number of rotatable bonds is 7. The molecule has 1 aromatic rings. The van der Waals surface area contributed by atoms with Crippen molar-refractivity contribution >= 4 is 9.84 Å². The Kier molecular flexibility index (Phi) is 5.75. The Labute approximate surface area is 113 Å². The van der Waals surface area contributed by atoms with E-state index in [9.17, 15) is 12.8 Å². The maximum absolute atomic E-state index is 13.7. The van der Waals surface area contributed by atoms with Crippen LogP contribution in [0.1, 0.15) is 24.9 Å². The van der Waals surface area contributed by atoms with Gasteiger partial charge in [0.25, 0.3) is 0 Å². The zero-order valence-electron chi connectivity index (χ0n) is 11.4. The lowest BCUT2D eigenvalue weighted by molar-refractivity contribution is 0.385. The highest BCUT2D eigenvalue weighted by Crippen LogP contribution is 2.22. The minimum absolute atomic E-state index is 0.0568. The fourth-order valence-electron chi connectivity index (χ4n) is 1.79. The Morgan fingerprint density at radius 3 is 2.58 bits per heavy atom. The number of hydrogen-bond donors (Lipinski definition) is 1. The molecule has 1 rings (SSSR count). The largest absolute Gasteiger partial charge is 0.494 e. The highest BCUT2D eigenvalue weighted by molar-refractivity contribution is 7.90. The van der Waals surface area contributed by atoms with Crippen LogP contribution in [0.2, 0.25) is 0 Å². The molecule has 1 unspecified atom stereocenters. The number of ether oxygens (including phenoxy) is 1. The standard InChI is InChI=1S/C13H20FNO3S/c1-4-7-15-12(9-19(3,16)17)10-5-6-13(18-2)11(14)8-10/h5-6,8,12,15H,4,7,9H2,1-3H3. The smallest absolute Gasteiger partial charge is 0.165 e. The number of methoxy groups -OCH3 is 1. The first-order chi connectivity index (χ1) is 8.87. The summed E-state index contributed by atoms with van der Waals surface area (Å²) in [5.41, 5.74) is 0.608. The lowest BCUT2D eigenvalue weighted by Gasteiger charge is -2.18. The van der Waals surface area contributed by atoms with E-state index < -0.39 is 21.7 Å². The average Bonchev–Trinajstić information content (AvgIpc) is 2.33. The van der Waals surface area contributed by atoms with Crippen LogP contribution in [0, 0.1) is 5.82 Å². The van der Waals surface area contributed by atoms with Crippen LogP contribution in [0.15, 0.2) is 18.2 Å². The van der Waals surface area contributed by atoms with E-state index in [0.29, 0.717) is 12.1 Å².